The highest BCUT2D eigenvalue weighted by molar-refractivity contribution is 5.96. The molecule has 86 valence electrons. The number of urea groups is 1. The first kappa shape index (κ1) is 12.0. The average molecular weight is 213 g/mol. The number of rotatable bonds is 2. The summed E-state index contributed by atoms with van der Waals surface area (Å²) in [5.41, 5.74) is 0. The molecule has 5 heteroatoms. The lowest BCUT2D eigenvalue weighted by molar-refractivity contribution is -0.125. The summed E-state index contributed by atoms with van der Waals surface area (Å²) in [6.07, 6.45) is 3.51. The van der Waals surface area contributed by atoms with Gasteiger partial charge in [-0.05, 0) is 32.9 Å². The zero-order valence-corrected chi connectivity index (χ0v) is 9.38. The normalized spacial score (nSPS) is 19.3. The van der Waals surface area contributed by atoms with Crippen molar-refractivity contribution in [2.45, 2.75) is 32.2 Å². The van der Waals surface area contributed by atoms with Crippen LogP contribution in [0, 0.1) is 0 Å². The lowest BCUT2D eigenvalue weighted by atomic mass is 10.1. The number of hydrogen-bond donors (Lipinski definition) is 2. The van der Waals surface area contributed by atoms with Gasteiger partial charge in [-0.3, -0.25) is 15.0 Å². The molecule has 1 aliphatic heterocycles. The van der Waals surface area contributed by atoms with E-state index in [1.54, 1.807) is 0 Å². The summed E-state index contributed by atoms with van der Waals surface area (Å²) in [7, 11) is 1.49. The lowest BCUT2D eigenvalue weighted by Crippen LogP contribution is -2.50. The Bertz CT molecular complexity index is 237. The van der Waals surface area contributed by atoms with E-state index in [-0.39, 0.29) is 11.9 Å². The van der Waals surface area contributed by atoms with Crippen LogP contribution in [0.4, 0.5) is 4.79 Å². The Hall–Kier alpha value is -1.10. The van der Waals surface area contributed by atoms with Crippen molar-refractivity contribution in [3.05, 3.63) is 0 Å². The van der Waals surface area contributed by atoms with Gasteiger partial charge in [0.2, 0.25) is 5.91 Å². The maximum absolute atomic E-state index is 11.6. The van der Waals surface area contributed by atoms with Gasteiger partial charge in [0.1, 0.15) is 0 Å². The molecule has 1 atom stereocenters. The monoisotopic (exact) mass is 213 g/mol. The number of nitrogens with zero attached hydrogens (tertiary/aromatic N) is 1. The predicted octanol–water partition coefficient (Wildman–Crippen LogP) is 0.316. The van der Waals surface area contributed by atoms with Crippen molar-refractivity contribution in [2.75, 3.05) is 20.1 Å². The van der Waals surface area contributed by atoms with Crippen LogP contribution < -0.4 is 10.6 Å². The fraction of sp³-hybridized carbons (Fsp3) is 0.800. The van der Waals surface area contributed by atoms with Gasteiger partial charge in [-0.25, -0.2) is 4.79 Å². The molecule has 1 heterocycles. The molecule has 5 nitrogen and oxygen atoms in total. The van der Waals surface area contributed by atoms with Gasteiger partial charge < -0.3 is 5.32 Å². The molecule has 0 aliphatic carbocycles. The van der Waals surface area contributed by atoms with Crippen LogP contribution in [0.1, 0.15) is 26.2 Å². The Morgan fingerprint density at radius 2 is 1.80 bits per heavy atom. The third-order valence-electron chi connectivity index (χ3n) is 2.78. The standard InChI is InChI=1S/C10H19N3O2/c1-8(9(14)12-10(15)11-2)13-6-4-3-5-7-13/h8H,3-7H2,1-2H3,(H2,11,12,14,15). The molecular weight excluding hydrogens is 194 g/mol. The number of amides is 3. The van der Waals surface area contributed by atoms with E-state index in [0.717, 1.165) is 25.9 Å². The minimum absolute atomic E-state index is 0.220. The smallest absolute Gasteiger partial charge is 0.321 e. The van der Waals surface area contributed by atoms with Gasteiger partial charge >= 0.3 is 6.03 Å². The first-order chi connectivity index (χ1) is 7.15. The van der Waals surface area contributed by atoms with Crippen molar-refractivity contribution in [3.8, 4) is 0 Å². The molecule has 1 fully saturated rings. The van der Waals surface area contributed by atoms with Crippen molar-refractivity contribution < 1.29 is 9.59 Å². The van der Waals surface area contributed by atoms with Crippen LogP contribution >= 0.6 is 0 Å². The summed E-state index contributed by atoms with van der Waals surface area (Å²) in [6.45, 7) is 3.73. The second kappa shape index (κ2) is 5.70. The van der Waals surface area contributed by atoms with Crippen LogP contribution in [0.2, 0.25) is 0 Å². The summed E-state index contributed by atoms with van der Waals surface area (Å²) in [5, 5.41) is 4.66. The van der Waals surface area contributed by atoms with Gasteiger partial charge in [0.25, 0.3) is 0 Å². The highest BCUT2D eigenvalue weighted by Gasteiger charge is 2.23. The molecule has 1 unspecified atom stereocenters. The van der Waals surface area contributed by atoms with Crippen LogP contribution in [0.15, 0.2) is 0 Å². The summed E-state index contributed by atoms with van der Waals surface area (Å²) < 4.78 is 0. The van der Waals surface area contributed by atoms with Crippen LogP contribution in [0.5, 0.6) is 0 Å². The van der Waals surface area contributed by atoms with Crippen LogP contribution in [0.3, 0.4) is 0 Å². The molecule has 2 N–H and O–H groups in total. The third-order valence-corrected chi connectivity index (χ3v) is 2.78. The SMILES string of the molecule is CNC(=O)NC(=O)C(C)N1CCCCC1. The Kier molecular flexibility index (Phi) is 4.55. The van der Waals surface area contributed by atoms with E-state index in [0.29, 0.717) is 0 Å². The van der Waals surface area contributed by atoms with Gasteiger partial charge in [0, 0.05) is 7.05 Å². The maximum atomic E-state index is 11.6. The van der Waals surface area contributed by atoms with Crippen molar-refractivity contribution in [1.29, 1.82) is 0 Å². The van der Waals surface area contributed by atoms with E-state index in [1.165, 1.54) is 13.5 Å². The Labute approximate surface area is 90.2 Å². The fourth-order valence-electron chi connectivity index (χ4n) is 1.75. The quantitative estimate of drug-likeness (QED) is 0.694. The number of carbonyl (C=O) groups excluding carboxylic acids is 2. The van der Waals surface area contributed by atoms with Gasteiger partial charge in [0.15, 0.2) is 0 Å². The largest absolute Gasteiger partial charge is 0.341 e. The molecular formula is C10H19N3O2. The minimum atomic E-state index is -0.441. The Morgan fingerprint density at radius 3 is 2.33 bits per heavy atom. The van der Waals surface area contributed by atoms with E-state index in [9.17, 15) is 9.59 Å². The van der Waals surface area contributed by atoms with Crippen LogP contribution in [0.25, 0.3) is 0 Å². The fourth-order valence-corrected chi connectivity index (χ4v) is 1.75. The molecule has 0 radical (unpaired) electrons. The van der Waals surface area contributed by atoms with Crippen LogP contribution in [-0.2, 0) is 4.79 Å². The second-order valence-electron chi connectivity index (χ2n) is 3.84. The van der Waals surface area contributed by atoms with E-state index in [2.05, 4.69) is 15.5 Å². The zero-order chi connectivity index (χ0) is 11.3. The molecule has 1 rings (SSSR count). The first-order valence-corrected chi connectivity index (χ1v) is 5.41. The maximum Gasteiger partial charge on any atom is 0.321 e. The van der Waals surface area contributed by atoms with Crippen molar-refractivity contribution in [1.82, 2.24) is 15.5 Å². The first-order valence-electron chi connectivity index (χ1n) is 5.41. The van der Waals surface area contributed by atoms with E-state index >= 15 is 0 Å². The molecule has 1 aliphatic rings. The Balaban J connectivity index is 2.40. The minimum Gasteiger partial charge on any atom is -0.341 e. The number of hydrogen-bond acceptors (Lipinski definition) is 3. The molecule has 0 aromatic rings. The number of likely N-dealkylation sites (tertiary alicyclic amines) is 1. The number of nitrogens with one attached hydrogen (secondary N) is 2. The number of imide groups is 1. The van der Waals surface area contributed by atoms with E-state index in [4.69, 9.17) is 0 Å². The summed E-state index contributed by atoms with van der Waals surface area (Å²) in [5.74, 6) is -0.226. The molecule has 0 spiro atoms. The summed E-state index contributed by atoms with van der Waals surface area (Å²) in [4.78, 5) is 24.7. The molecule has 1 saturated heterocycles. The molecule has 0 saturated carbocycles. The van der Waals surface area contributed by atoms with Crippen molar-refractivity contribution in [3.63, 3.8) is 0 Å². The predicted molar refractivity (Wildman–Crippen MR) is 57.5 cm³/mol. The lowest BCUT2D eigenvalue weighted by Gasteiger charge is -2.31. The topological polar surface area (TPSA) is 61.4 Å². The van der Waals surface area contributed by atoms with E-state index < -0.39 is 6.03 Å². The van der Waals surface area contributed by atoms with Crippen LogP contribution in [-0.4, -0.2) is 43.0 Å². The number of carbonyl (C=O) groups is 2. The second-order valence-corrected chi connectivity index (χ2v) is 3.84. The van der Waals surface area contributed by atoms with E-state index in [1.807, 2.05) is 6.92 Å². The van der Waals surface area contributed by atoms with Gasteiger partial charge in [-0.2, -0.15) is 0 Å². The number of piperidine rings is 1. The summed E-state index contributed by atoms with van der Waals surface area (Å²) >= 11 is 0. The van der Waals surface area contributed by atoms with Crippen molar-refractivity contribution >= 4 is 11.9 Å². The Morgan fingerprint density at radius 1 is 1.20 bits per heavy atom. The highest BCUT2D eigenvalue weighted by atomic mass is 16.2. The third kappa shape index (κ3) is 3.51. The average Bonchev–Trinajstić information content (AvgIpc) is 2.29. The zero-order valence-electron chi connectivity index (χ0n) is 9.38. The van der Waals surface area contributed by atoms with Gasteiger partial charge in [-0.15, -0.1) is 0 Å². The molecule has 3 amide bonds. The summed E-state index contributed by atoms with van der Waals surface area (Å²) in [6, 6.07) is -0.661. The molecule has 15 heavy (non-hydrogen) atoms. The van der Waals surface area contributed by atoms with Gasteiger partial charge in [-0.1, -0.05) is 6.42 Å². The highest BCUT2D eigenvalue weighted by Crippen LogP contribution is 2.11. The van der Waals surface area contributed by atoms with Crippen molar-refractivity contribution in [2.24, 2.45) is 0 Å². The van der Waals surface area contributed by atoms with Gasteiger partial charge in [0.05, 0.1) is 6.04 Å². The molecule has 0 bridgehead atoms. The molecule has 0 aromatic heterocycles. The molecule has 0 aromatic carbocycles.